The average molecular weight is 612 g/mol. The SMILES string of the molecule is CN(C)C1CN(c2nc(N3CCN(C(=O)O)[C@@H](CC#N)C3)c3c4c(c(-c5cccc6cccc(Cl)c56)cc3n2)CCCO4)C1. The number of piperazine rings is 1. The Bertz CT molecular complexity index is 1810. The lowest BCUT2D eigenvalue weighted by molar-refractivity contribution is 0.119. The highest BCUT2D eigenvalue weighted by Gasteiger charge is 2.36. The number of amides is 1. The molecule has 2 fully saturated rings. The summed E-state index contributed by atoms with van der Waals surface area (Å²) in [7, 11) is 4.16. The molecule has 10 nitrogen and oxygen atoms in total. The van der Waals surface area contributed by atoms with Crippen molar-refractivity contribution in [2.75, 3.05) is 63.2 Å². The van der Waals surface area contributed by atoms with Crippen molar-refractivity contribution in [3.63, 3.8) is 0 Å². The molecule has 2 saturated heterocycles. The van der Waals surface area contributed by atoms with Crippen molar-refractivity contribution in [1.29, 1.82) is 5.26 Å². The molecule has 1 aromatic heterocycles. The van der Waals surface area contributed by atoms with E-state index in [2.05, 4.69) is 65.2 Å². The zero-order valence-electron chi connectivity index (χ0n) is 24.8. The molecule has 1 atom stereocenters. The highest BCUT2D eigenvalue weighted by atomic mass is 35.5. The fourth-order valence-electron chi connectivity index (χ4n) is 6.76. The maximum atomic E-state index is 12.0. The van der Waals surface area contributed by atoms with Gasteiger partial charge in [0.05, 0.1) is 36.0 Å². The summed E-state index contributed by atoms with van der Waals surface area (Å²) >= 11 is 6.80. The van der Waals surface area contributed by atoms with Crippen LogP contribution in [0.25, 0.3) is 32.8 Å². The van der Waals surface area contributed by atoms with Gasteiger partial charge in [-0.2, -0.15) is 10.2 Å². The van der Waals surface area contributed by atoms with Crippen molar-refractivity contribution < 1.29 is 14.6 Å². The fraction of sp³-hybridized carbons (Fsp3) is 0.394. The lowest BCUT2D eigenvalue weighted by atomic mass is 9.89. The number of carbonyl (C=O) groups is 1. The van der Waals surface area contributed by atoms with Crippen LogP contribution in [-0.4, -0.2) is 96.5 Å². The lowest BCUT2D eigenvalue weighted by Gasteiger charge is -2.43. The molecule has 1 N–H and O–H groups in total. The first kappa shape index (κ1) is 28.4. The summed E-state index contributed by atoms with van der Waals surface area (Å²) in [5, 5.41) is 22.9. The molecule has 0 aliphatic carbocycles. The van der Waals surface area contributed by atoms with E-state index in [0.717, 1.165) is 75.9 Å². The van der Waals surface area contributed by atoms with E-state index in [9.17, 15) is 15.2 Å². The minimum Gasteiger partial charge on any atom is -0.492 e. The second-order valence-electron chi connectivity index (χ2n) is 12.0. The molecule has 11 heteroatoms. The summed E-state index contributed by atoms with van der Waals surface area (Å²) in [6, 6.07) is 16.5. The number of hydrogen-bond donors (Lipinski definition) is 1. The van der Waals surface area contributed by atoms with Crippen LogP contribution in [0.3, 0.4) is 0 Å². The van der Waals surface area contributed by atoms with Crippen LogP contribution in [0.4, 0.5) is 16.6 Å². The van der Waals surface area contributed by atoms with Gasteiger partial charge in [-0.1, -0.05) is 41.9 Å². The first-order valence-corrected chi connectivity index (χ1v) is 15.4. The van der Waals surface area contributed by atoms with Gasteiger partial charge in [0, 0.05) is 54.7 Å². The highest BCUT2D eigenvalue weighted by molar-refractivity contribution is 6.36. The minimum atomic E-state index is -1.01. The molecule has 0 bridgehead atoms. The molecular weight excluding hydrogens is 578 g/mol. The molecule has 3 aromatic carbocycles. The average Bonchev–Trinajstić information content (AvgIpc) is 2.99. The molecule has 7 rings (SSSR count). The Morgan fingerprint density at radius 2 is 1.89 bits per heavy atom. The van der Waals surface area contributed by atoms with Crippen LogP contribution >= 0.6 is 11.6 Å². The number of ether oxygens (including phenoxy) is 1. The van der Waals surface area contributed by atoms with Gasteiger partial charge in [0.2, 0.25) is 5.95 Å². The lowest BCUT2D eigenvalue weighted by Crippen LogP contribution is -2.58. The maximum absolute atomic E-state index is 12.0. The van der Waals surface area contributed by atoms with Crippen molar-refractivity contribution in [2.24, 2.45) is 0 Å². The third kappa shape index (κ3) is 4.81. The predicted octanol–water partition coefficient (Wildman–Crippen LogP) is 5.26. The van der Waals surface area contributed by atoms with Crippen molar-refractivity contribution in [1.82, 2.24) is 19.8 Å². The van der Waals surface area contributed by atoms with Gasteiger partial charge in [-0.05, 0) is 55.6 Å². The zero-order valence-corrected chi connectivity index (χ0v) is 25.6. The molecule has 1 amide bonds. The first-order chi connectivity index (χ1) is 21.3. The number of carboxylic acid groups (broad SMARTS) is 1. The van der Waals surface area contributed by atoms with Crippen LogP contribution < -0.4 is 14.5 Å². The van der Waals surface area contributed by atoms with Crippen LogP contribution in [0.15, 0.2) is 42.5 Å². The molecule has 0 unspecified atom stereocenters. The van der Waals surface area contributed by atoms with E-state index in [-0.39, 0.29) is 13.0 Å². The summed E-state index contributed by atoms with van der Waals surface area (Å²) in [4.78, 5) is 30.2. The van der Waals surface area contributed by atoms with Crippen LogP contribution in [0.5, 0.6) is 5.75 Å². The molecule has 4 heterocycles. The van der Waals surface area contributed by atoms with Gasteiger partial charge in [0.1, 0.15) is 11.6 Å². The van der Waals surface area contributed by atoms with Gasteiger partial charge in [-0.15, -0.1) is 0 Å². The van der Waals surface area contributed by atoms with E-state index in [1.54, 1.807) is 0 Å². The molecule has 3 aliphatic rings. The van der Waals surface area contributed by atoms with Crippen molar-refractivity contribution in [2.45, 2.75) is 31.3 Å². The number of nitriles is 1. The van der Waals surface area contributed by atoms with Gasteiger partial charge in [0.25, 0.3) is 0 Å². The summed E-state index contributed by atoms with van der Waals surface area (Å²) in [5.74, 6) is 2.15. The Morgan fingerprint density at radius 1 is 1.09 bits per heavy atom. The number of halogens is 1. The van der Waals surface area contributed by atoms with E-state index in [1.165, 1.54) is 4.90 Å². The van der Waals surface area contributed by atoms with E-state index in [4.69, 9.17) is 26.3 Å². The molecular formula is C33H34ClN7O3. The summed E-state index contributed by atoms with van der Waals surface area (Å²) in [6.45, 7) is 3.31. The van der Waals surface area contributed by atoms with Crippen LogP contribution in [0, 0.1) is 11.3 Å². The number of aromatic nitrogens is 2. The molecule has 226 valence electrons. The van der Waals surface area contributed by atoms with Crippen LogP contribution in [0.1, 0.15) is 18.4 Å². The third-order valence-corrected chi connectivity index (χ3v) is 9.52. The second kappa shape index (κ2) is 11.3. The maximum Gasteiger partial charge on any atom is 0.407 e. The summed E-state index contributed by atoms with van der Waals surface area (Å²) in [6.07, 6.45) is 0.825. The van der Waals surface area contributed by atoms with Crippen molar-refractivity contribution in [3.05, 3.63) is 53.1 Å². The Labute approximate surface area is 261 Å². The number of fused-ring (bicyclic) bond motifs is 4. The smallest absolute Gasteiger partial charge is 0.407 e. The van der Waals surface area contributed by atoms with Gasteiger partial charge < -0.3 is 29.4 Å². The number of rotatable bonds is 5. The van der Waals surface area contributed by atoms with Crippen molar-refractivity contribution in [3.8, 4) is 22.9 Å². The molecule has 3 aliphatic heterocycles. The monoisotopic (exact) mass is 611 g/mol. The minimum absolute atomic E-state index is 0.107. The highest BCUT2D eigenvalue weighted by Crippen LogP contribution is 2.46. The van der Waals surface area contributed by atoms with E-state index >= 15 is 0 Å². The predicted molar refractivity (Wildman–Crippen MR) is 172 cm³/mol. The molecule has 0 saturated carbocycles. The summed E-state index contributed by atoms with van der Waals surface area (Å²) < 4.78 is 6.48. The number of hydrogen-bond acceptors (Lipinski definition) is 8. The topological polar surface area (TPSA) is 109 Å². The molecule has 0 radical (unpaired) electrons. The third-order valence-electron chi connectivity index (χ3n) is 9.21. The number of likely N-dealkylation sites (N-methyl/N-ethyl adjacent to an activating group) is 1. The van der Waals surface area contributed by atoms with Crippen molar-refractivity contribution >= 4 is 51.1 Å². The van der Waals surface area contributed by atoms with Crippen LogP contribution in [0.2, 0.25) is 5.02 Å². The van der Waals surface area contributed by atoms with Gasteiger partial charge in [0.15, 0.2) is 0 Å². The standard InChI is InChI=1S/C33H34ClN7O3/c1-38(2)22-18-40(19-22)32-36-27-16-25(23-8-3-6-20-7-4-10-26(34)28(20)23)24-9-5-15-44-30(24)29(27)31(37-32)39-13-14-41(33(42)43)21(17-39)11-12-35/h3-4,6-8,10,16,21-22H,5,9,11,13-15,17-19H2,1-2H3,(H,42,43)/t21-/m0/s1. The Balaban J connectivity index is 1.44. The van der Waals surface area contributed by atoms with E-state index in [0.29, 0.717) is 36.7 Å². The van der Waals surface area contributed by atoms with Gasteiger partial charge >= 0.3 is 6.09 Å². The first-order valence-electron chi connectivity index (χ1n) is 15.0. The molecule has 44 heavy (non-hydrogen) atoms. The number of benzene rings is 3. The Morgan fingerprint density at radius 3 is 2.64 bits per heavy atom. The van der Waals surface area contributed by atoms with Crippen LogP contribution in [-0.2, 0) is 6.42 Å². The Hall–Kier alpha value is -4.33. The summed E-state index contributed by atoms with van der Waals surface area (Å²) in [5.41, 5.74) is 3.97. The normalized spacial score (nSPS) is 18.7. The molecule has 0 spiro atoms. The quantitative estimate of drug-likeness (QED) is 0.323. The second-order valence-corrected chi connectivity index (χ2v) is 12.4. The fourth-order valence-corrected chi connectivity index (χ4v) is 7.04. The van der Waals surface area contributed by atoms with Gasteiger partial charge in [-0.3, -0.25) is 0 Å². The Kier molecular flexibility index (Phi) is 7.31. The largest absolute Gasteiger partial charge is 0.492 e. The van der Waals surface area contributed by atoms with Gasteiger partial charge in [-0.25, -0.2) is 9.78 Å². The molecule has 4 aromatic rings. The number of anilines is 2. The zero-order chi connectivity index (χ0) is 30.5. The van der Waals surface area contributed by atoms with E-state index in [1.807, 2.05) is 12.1 Å². The van der Waals surface area contributed by atoms with E-state index < -0.39 is 12.1 Å². The number of nitrogens with zero attached hydrogens (tertiary/aromatic N) is 7.